The lowest BCUT2D eigenvalue weighted by atomic mass is 10.2. The molecule has 2 aliphatic heterocycles. The first-order valence-electron chi connectivity index (χ1n) is 11.7. The highest BCUT2D eigenvalue weighted by Crippen LogP contribution is 2.27. The number of hydrogen-bond donors (Lipinski definition) is 0. The third-order valence-corrected chi connectivity index (χ3v) is 6.33. The van der Waals surface area contributed by atoms with Crippen molar-refractivity contribution in [1.82, 2.24) is 9.80 Å². The van der Waals surface area contributed by atoms with Gasteiger partial charge in [0.1, 0.15) is 0 Å². The molecular weight excluding hydrogens is 402 g/mol. The summed E-state index contributed by atoms with van der Waals surface area (Å²) >= 11 is 0. The van der Waals surface area contributed by atoms with Gasteiger partial charge in [0.05, 0.1) is 13.2 Å². The van der Waals surface area contributed by atoms with Crippen molar-refractivity contribution in [3.63, 3.8) is 0 Å². The van der Waals surface area contributed by atoms with Crippen LogP contribution in [0.25, 0.3) is 0 Å². The molecule has 0 aliphatic carbocycles. The summed E-state index contributed by atoms with van der Waals surface area (Å²) in [5, 5.41) is 0. The van der Waals surface area contributed by atoms with Gasteiger partial charge < -0.3 is 14.5 Å². The Bertz CT molecular complexity index is 894. The number of ether oxygens (including phenoxy) is 1. The first-order chi connectivity index (χ1) is 15.7. The van der Waals surface area contributed by atoms with Crippen LogP contribution in [0.5, 0.6) is 0 Å². The second kappa shape index (κ2) is 11.2. The average molecular weight is 436 g/mol. The molecule has 2 aromatic rings. The lowest BCUT2D eigenvalue weighted by Gasteiger charge is -2.35. The smallest absolute Gasteiger partial charge is 0.241 e. The van der Waals surface area contributed by atoms with Crippen molar-refractivity contribution in [2.24, 2.45) is 0 Å². The Labute approximate surface area is 190 Å². The average Bonchev–Trinajstić information content (AvgIpc) is 3.27. The standard InChI is InChI=1S/C26H33N3O3/c30-25(11-6-19-32-20-13-22-7-2-1-3-8-22)28-17-15-27(16-18-28)21-26(31)29-14-12-23-9-4-5-10-24(23)29/h1-5,7-10H,6,11-21H2. The van der Waals surface area contributed by atoms with Gasteiger partial charge in [-0.15, -0.1) is 0 Å². The Morgan fingerprint density at radius 3 is 2.38 bits per heavy atom. The molecule has 2 amide bonds. The molecule has 0 saturated carbocycles. The third-order valence-electron chi connectivity index (χ3n) is 6.33. The molecule has 0 N–H and O–H groups in total. The maximum Gasteiger partial charge on any atom is 0.241 e. The van der Waals surface area contributed by atoms with E-state index in [4.69, 9.17) is 4.74 Å². The Balaban J connectivity index is 1.10. The van der Waals surface area contributed by atoms with Gasteiger partial charge in [0, 0.05) is 51.4 Å². The van der Waals surface area contributed by atoms with E-state index >= 15 is 0 Å². The quantitative estimate of drug-likeness (QED) is 0.569. The summed E-state index contributed by atoms with van der Waals surface area (Å²) in [4.78, 5) is 31.3. The number of nitrogens with zero attached hydrogens (tertiary/aromatic N) is 3. The van der Waals surface area contributed by atoms with Gasteiger partial charge in [-0.1, -0.05) is 48.5 Å². The number of fused-ring (bicyclic) bond motifs is 1. The van der Waals surface area contributed by atoms with E-state index in [1.807, 2.05) is 46.2 Å². The van der Waals surface area contributed by atoms with E-state index in [-0.39, 0.29) is 11.8 Å². The number of anilines is 1. The highest BCUT2D eigenvalue weighted by atomic mass is 16.5. The molecular formula is C26H33N3O3. The predicted molar refractivity (Wildman–Crippen MR) is 126 cm³/mol. The normalized spacial score (nSPS) is 16.2. The fourth-order valence-corrected chi connectivity index (χ4v) is 4.45. The molecule has 6 heteroatoms. The summed E-state index contributed by atoms with van der Waals surface area (Å²) in [7, 11) is 0. The summed E-state index contributed by atoms with van der Waals surface area (Å²) < 4.78 is 5.69. The topological polar surface area (TPSA) is 53.1 Å². The molecule has 2 aromatic carbocycles. The summed E-state index contributed by atoms with van der Waals surface area (Å²) in [6.07, 6.45) is 3.11. The van der Waals surface area contributed by atoms with E-state index in [9.17, 15) is 9.59 Å². The van der Waals surface area contributed by atoms with E-state index in [0.717, 1.165) is 44.6 Å². The van der Waals surface area contributed by atoms with Crippen LogP contribution in [-0.2, 0) is 27.2 Å². The van der Waals surface area contributed by atoms with Gasteiger partial charge in [0.2, 0.25) is 11.8 Å². The van der Waals surface area contributed by atoms with Crippen LogP contribution in [0.15, 0.2) is 54.6 Å². The zero-order valence-electron chi connectivity index (χ0n) is 18.7. The monoisotopic (exact) mass is 435 g/mol. The lowest BCUT2D eigenvalue weighted by molar-refractivity contribution is -0.133. The number of carbonyl (C=O) groups is 2. The Hall–Kier alpha value is -2.70. The Kier molecular flexibility index (Phi) is 7.91. The lowest BCUT2D eigenvalue weighted by Crippen LogP contribution is -2.51. The molecule has 2 aliphatic rings. The van der Waals surface area contributed by atoms with E-state index in [2.05, 4.69) is 23.1 Å². The second-order valence-corrected chi connectivity index (χ2v) is 8.53. The van der Waals surface area contributed by atoms with Crippen LogP contribution in [0.4, 0.5) is 5.69 Å². The number of hydrogen-bond acceptors (Lipinski definition) is 4. The van der Waals surface area contributed by atoms with Crippen LogP contribution < -0.4 is 4.90 Å². The molecule has 0 unspecified atom stereocenters. The molecule has 170 valence electrons. The fourth-order valence-electron chi connectivity index (χ4n) is 4.45. The predicted octanol–water partition coefficient (Wildman–Crippen LogP) is 2.76. The van der Waals surface area contributed by atoms with Gasteiger partial charge in [0.15, 0.2) is 0 Å². The first-order valence-corrected chi connectivity index (χ1v) is 11.7. The minimum Gasteiger partial charge on any atom is -0.381 e. The molecule has 0 spiro atoms. The van der Waals surface area contributed by atoms with Crippen LogP contribution in [0.3, 0.4) is 0 Å². The van der Waals surface area contributed by atoms with Gasteiger partial charge in [-0.25, -0.2) is 0 Å². The van der Waals surface area contributed by atoms with E-state index < -0.39 is 0 Å². The molecule has 2 heterocycles. The van der Waals surface area contributed by atoms with Crippen molar-refractivity contribution in [3.8, 4) is 0 Å². The molecule has 1 saturated heterocycles. The molecule has 0 radical (unpaired) electrons. The van der Waals surface area contributed by atoms with Crippen molar-refractivity contribution in [2.45, 2.75) is 25.7 Å². The summed E-state index contributed by atoms with van der Waals surface area (Å²) in [5.41, 5.74) is 3.58. The maximum absolute atomic E-state index is 12.8. The highest BCUT2D eigenvalue weighted by molar-refractivity contribution is 5.96. The van der Waals surface area contributed by atoms with Gasteiger partial charge in [-0.3, -0.25) is 14.5 Å². The summed E-state index contributed by atoms with van der Waals surface area (Å²) in [5.74, 6) is 0.346. The molecule has 32 heavy (non-hydrogen) atoms. The van der Waals surface area contributed by atoms with Crippen LogP contribution in [-0.4, -0.2) is 74.1 Å². The van der Waals surface area contributed by atoms with E-state index in [0.29, 0.717) is 39.3 Å². The number of benzene rings is 2. The van der Waals surface area contributed by atoms with Crippen LogP contribution in [0, 0.1) is 0 Å². The van der Waals surface area contributed by atoms with Crippen molar-refractivity contribution in [1.29, 1.82) is 0 Å². The first kappa shape index (κ1) is 22.5. The van der Waals surface area contributed by atoms with E-state index in [1.165, 1.54) is 11.1 Å². The van der Waals surface area contributed by atoms with Crippen molar-refractivity contribution < 1.29 is 14.3 Å². The molecule has 6 nitrogen and oxygen atoms in total. The van der Waals surface area contributed by atoms with Crippen molar-refractivity contribution in [3.05, 3.63) is 65.7 Å². The minimum atomic E-state index is 0.155. The molecule has 0 atom stereocenters. The Morgan fingerprint density at radius 2 is 1.56 bits per heavy atom. The SMILES string of the molecule is O=C(CCCOCCc1ccccc1)N1CCN(CC(=O)N2CCc3ccccc32)CC1. The summed E-state index contributed by atoms with van der Waals surface area (Å²) in [6.45, 7) is 5.38. The highest BCUT2D eigenvalue weighted by Gasteiger charge is 2.27. The van der Waals surface area contributed by atoms with Crippen molar-refractivity contribution in [2.75, 3.05) is 57.4 Å². The minimum absolute atomic E-state index is 0.155. The third kappa shape index (κ3) is 5.96. The molecule has 1 fully saturated rings. The number of carbonyl (C=O) groups excluding carboxylic acids is 2. The number of amides is 2. The zero-order valence-corrected chi connectivity index (χ0v) is 18.7. The van der Waals surface area contributed by atoms with Gasteiger partial charge in [0.25, 0.3) is 0 Å². The summed E-state index contributed by atoms with van der Waals surface area (Å²) in [6, 6.07) is 18.4. The molecule has 4 rings (SSSR count). The van der Waals surface area contributed by atoms with Gasteiger partial charge >= 0.3 is 0 Å². The number of piperazine rings is 1. The second-order valence-electron chi connectivity index (χ2n) is 8.53. The van der Waals surface area contributed by atoms with Crippen LogP contribution in [0.1, 0.15) is 24.0 Å². The molecule has 0 aromatic heterocycles. The number of rotatable bonds is 9. The van der Waals surface area contributed by atoms with Gasteiger partial charge in [-0.2, -0.15) is 0 Å². The largest absolute Gasteiger partial charge is 0.381 e. The fraction of sp³-hybridized carbons (Fsp3) is 0.462. The maximum atomic E-state index is 12.8. The molecule has 0 bridgehead atoms. The van der Waals surface area contributed by atoms with Gasteiger partial charge in [-0.05, 0) is 36.5 Å². The van der Waals surface area contributed by atoms with E-state index in [1.54, 1.807) is 0 Å². The Morgan fingerprint density at radius 1 is 0.812 bits per heavy atom. The zero-order chi connectivity index (χ0) is 22.2. The van der Waals surface area contributed by atoms with Crippen molar-refractivity contribution >= 4 is 17.5 Å². The van der Waals surface area contributed by atoms with Crippen LogP contribution >= 0.6 is 0 Å². The number of para-hydroxylation sites is 1. The van der Waals surface area contributed by atoms with Crippen LogP contribution in [0.2, 0.25) is 0 Å².